The second kappa shape index (κ2) is 28.0. The van der Waals surface area contributed by atoms with Gasteiger partial charge in [0.1, 0.15) is 0 Å². The van der Waals surface area contributed by atoms with Gasteiger partial charge < -0.3 is 19.8 Å². The Bertz CT molecular complexity index is 279. The van der Waals surface area contributed by atoms with Crippen LogP contribution in [0.15, 0.2) is 0 Å². The number of hydrogen-bond acceptors (Lipinski definition) is 4. The number of carboxylic acids is 2. The van der Waals surface area contributed by atoms with Crippen molar-refractivity contribution in [2.24, 2.45) is 0 Å². The van der Waals surface area contributed by atoms with Crippen LogP contribution in [0.3, 0.4) is 0 Å². The Morgan fingerprint density at radius 1 is 0.481 bits per heavy atom. The third-order valence-electron chi connectivity index (χ3n) is 4.47. The van der Waals surface area contributed by atoms with E-state index in [2.05, 4.69) is 13.8 Å². The summed E-state index contributed by atoms with van der Waals surface area (Å²) in [6.07, 6.45) is 19.5. The molecule has 0 aliphatic carbocycles. The van der Waals surface area contributed by atoms with Crippen molar-refractivity contribution in [3.8, 4) is 0 Å². The summed E-state index contributed by atoms with van der Waals surface area (Å²) in [5, 5.41) is 20.1. The van der Waals surface area contributed by atoms with Crippen molar-refractivity contribution in [3.63, 3.8) is 0 Å². The first-order chi connectivity index (χ1) is 12.5. The number of hydrogen-bond donors (Lipinski definition) is 0. The third-order valence-corrected chi connectivity index (χ3v) is 4.47. The van der Waals surface area contributed by atoms with Crippen LogP contribution >= 0.6 is 0 Å². The minimum atomic E-state index is -0.911. The summed E-state index contributed by atoms with van der Waals surface area (Å²) in [5.74, 6) is -1.82. The van der Waals surface area contributed by atoms with Crippen molar-refractivity contribution in [2.45, 2.75) is 129 Å². The summed E-state index contributed by atoms with van der Waals surface area (Å²) < 4.78 is 0. The number of unbranched alkanes of at least 4 members (excludes halogenated alkanes) is 14. The molecule has 0 spiro atoms. The average molecular weight is 491 g/mol. The van der Waals surface area contributed by atoms with Crippen LogP contribution in [0.25, 0.3) is 0 Å². The number of carbonyl (C=O) groups is 2. The average Bonchev–Trinajstić information content (AvgIpc) is 2.60. The van der Waals surface area contributed by atoms with Gasteiger partial charge in [0, 0.05) is 11.9 Å². The summed E-state index contributed by atoms with van der Waals surface area (Å²) in [5.41, 5.74) is 0. The van der Waals surface area contributed by atoms with Crippen LogP contribution in [0.5, 0.6) is 0 Å². The molecule has 0 atom stereocenters. The number of aliphatic carboxylic acids is 2. The van der Waals surface area contributed by atoms with Crippen LogP contribution in [0, 0.1) is 0 Å². The van der Waals surface area contributed by atoms with Gasteiger partial charge in [-0.1, -0.05) is 104 Å². The molecule has 0 rings (SSSR count). The fourth-order valence-corrected chi connectivity index (χ4v) is 2.81. The molecular formula is C22H44O4Sn. The van der Waals surface area contributed by atoms with E-state index in [1.54, 1.807) is 0 Å². The van der Waals surface area contributed by atoms with Gasteiger partial charge in [0.05, 0.1) is 0 Å². The normalized spacial score (nSPS) is 9.85. The standard InChI is InChI=1S/2C11H22O2.Sn.2H/c2*1-2-3-4-5-6-7-8-9-10-11(12)13;;;/h2*2-10H2,1H3,(H,12,13);;;/q;;+2;;/p-2. The first-order valence-electron chi connectivity index (χ1n) is 10.9. The molecule has 0 radical (unpaired) electrons. The van der Waals surface area contributed by atoms with Gasteiger partial charge in [0.25, 0.3) is 0 Å². The fourth-order valence-electron chi connectivity index (χ4n) is 2.81. The Morgan fingerprint density at radius 2 is 0.704 bits per heavy atom. The van der Waals surface area contributed by atoms with E-state index < -0.39 is 11.9 Å². The second-order valence-electron chi connectivity index (χ2n) is 7.19. The van der Waals surface area contributed by atoms with E-state index in [0.29, 0.717) is 0 Å². The van der Waals surface area contributed by atoms with E-state index in [-0.39, 0.29) is 36.7 Å². The van der Waals surface area contributed by atoms with E-state index in [1.165, 1.54) is 77.0 Å². The van der Waals surface area contributed by atoms with Gasteiger partial charge in [-0.05, 0) is 25.7 Å². The molecule has 0 aromatic carbocycles. The molecule has 0 saturated heterocycles. The summed E-state index contributed by atoms with van der Waals surface area (Å²) in [7, 11) is 0. The Hall–Kier alpha value is -0.261. The molecule has 0 aromatic heterocycles. The molecule has 0 unspecified atom stereocenters. The van der Waals surface area contributed by atoms with Crippen molar-refractivity contribution in [3.05, 3.63) is 0 Å². The Kier molecular flexibility index (Phi) is 32.5. The Labute approximate surface area is 184 Å². The van der Waals surface area contributed by atoms with Gasteiger partial charge in [-0.3, -0.25) is 0 Å². The second-order valence-corrected chi connectivity index (χ2v) is 7.19. The molecule has 0 bridgehead atoms. The predicted octanol–water partition coefficient (Wildman–Crippen LogP) is 3.62. The van der Waals surface area contributed by atoms with Crippen molar-refractivity contribution < 1.29 is 19.8 Å². The van der Waals surface area contributed by atoms with E-state index in [4.69, 9.17) is 0 Å². The van der Waals surface area contributed by atoms with E-state index in [9.17, 15) is 19.8 Å². The first-order valence-corrected chi connectivity index (χ1v) is 10.9. The topological polar surface area (TPSA) is 80.3 Å². The SMILES string of the molecule is CCCCCCCCCCC(=O)[O-].CCCCCCCCCCC(=O)[O-].[SnH2+2]. The zero-order chi connectivity index (χ0) is 19.9. The maximum atomic E-state index is 10.1. The Balaban J connectivity index is -0.000000411. The molecule has 0 aromatic rings. The fraction of sp³-hybridized carbons (Fsp3) is 0.909. The monoisotopic (exact) mass is 492 g/mol. The minimum absolute atomic E-state index is 0. The van der Waals surface area contributed by atoms with E-state index in [1.807, 2.05) is 0 Å². The summed E-state index contributed by atoms with van der Waals surface area (Å²) in [6, 6.07) is 0. The van der Waals surface area contributed by atoms with Crippen molar-refractivity contribution in [2.75, 3.05) is 0 Å². The van der Waals surface area contributed by atoms with Crippen LogP contribution in [0.1, 0.15) is 129 Å². The molecule has 0 N–H and O–H groups in total. The number of rotatable bonds is 18. The molecule has 27 heavy (non-hydrogen) atoms. The molecule has 0 aliphatic rings. The molecular weight excluding hydrogens is 447 g/mol. The van der Waals surface area contributed by atoms with Crippen LogP contribution in [-0.4, -0.2) is 35.8 Å². The molecule has 0 aliphatic heterocycles. The van der Waals surface area contributed by atoms with Crippen LogP contribution in [0.4, 0.5) is 0 Å². The molecule has 0 fully saturated rings. The van der Waals surface area contributed by atoms with Gasteiger partial charge >= 0.3 is 23.9 Å². The quantitative estimate of drug-likeness (QED) is 0.217. The van der Waals surface area contributed by atoms with Gasteiger partial charge in [0.2, 0.25) is 0 Å². The molecule has 0 heterocycles. The summed E-state index contributed by atoms with van der Waals surface area (Å²) in [6.45, 7) is 4.42. The Morgan fingerprint density at radius 3 is 0.926 bits per heavy atom. The zero-order valence-electron chi connectivity index (χ0n) is 18.1. The summed E-state index contributed by atoms with van der Waals surface area (Å²) in [4.78, 5) is 20.1. The molecule has 0 amide bonds. The van der Waals surface area contributed by atoms with E-state index in [0.717, 1.165) is 25.7 Å². The molecule has 4 nitrogen and oxygen atoms in total. The van der Waals surface area contributed by atoms with Gasteiger partial charge in [-0.25, -0.2) is 0 Å². The van der Waals surface area contributed by atoms with Gasteiger partial charge in [-0.2, -0.15) is 0 Å². The van der Waals surface area contributed by atoms with Crippen LogP contribution in [-0.2, 0) is 9.59 Å². The first kappa shape index (κ1) is 31.4. The maximum absolute atomic E-state index is 10.1. The van der Waals surface area contributed by atoms with Crippen molar-refractivity contribution in [1.29, 1.82) is 0 Å². The summed E-state index contributed by atoms with van der Waals surface area (Å²) >= 11 is 0. The molecule has 5 heteroatoms. The van der Waals surface area contributed by atoms with Gasteiger partial charge in [0.15, 0.2) is 0 Å². The molecule has 160 valence electrons. The molecule has 0 saturated carbocycles. The van der Waals surface area contributed by atoms with Crippen LogP contribution in [0.2, 0.25) is 0 Å². The third kappa shape index (κ3) is 37.2. The van der Waals surface area contributed by atoms with Crippen molar-refractivity contribution in [1.82, 2.24) is 0 Å². The van der Waals surface area contributed by atoms with Crippen molar-refractivity contribution >= 4 is 35.8 Å². The van der Waals surface area contributed by atoms with Gasteiger partial charge in [-0.15, -0.1) is 0 Å². The number of carboxylic acid groups (broad SMARTS) is 2. The van der Waals surface area contributed by atoms with E-state index >= 15 is 0 Å². The zero-order valence-corrected chi connectivity index (χ0v) is 22.1. The predicted molar refractivity (Wildman–Crippen MR) is 113 cm³/mol. The van der Waals surface area contributed by atoms with Crippen LogP contribution < -0.4 is 10.2 Å². The number of carbonyl (C=O) groups excluding carboxylic acids is 2.